The van der Waals surface area contributed by atoms with Crippen LogP contribution >= 0.6 is 0 Å². The quantitative estimate of drug-likeness (QED) is 0.942. The second-order valence-electron chi connectivity index (χ2n) is 4.40. The number of carboxylic acid groups (broad SMARTS) is 1. The number of benzene rings is 1. The predicted molar refractivity (Wildman–Crippen MR) is 66.9 cm³/mol. The van der Waals surface area contributed by atoms with E-state index in [0.717, 1.165) is 12.1 Å². The minimum absolute atomic E-state index is 0.0351. The van der Waals surface area contributed by atoms with Gasteiger partial charge in [0.1, 0.15) is 0 Å². The van der Waals surface area contributed by atoms with E-state index in [0.29, 0.717) is 17.7 Å². The molecule has 21 heavy (non-hydrogen) atoms. The minimum Gasteiger partial charge on any atom is -0.476 e. The first-order chi connectivity index (χ1) is 9.82. The molecule has 2 aromatic rings. The third kappa shape index (κ3) is 3.21. The predicted octanol–water partition coefficient (Wildman–Crippen LogP) is 2.61. The Labute approximate surface area is 118 Å². The van der Waals surface area contributed by atoms with E-state index in [1.54, 1.807) is 6.92 Å². The van der Waals surface area contributed by atoms with Crippen molar-refractivity contribution >= 4 is 5.97 Å². The zero-order valence-electron chi connectivity index (χ0n) is 11.1. The van der Waals surface area contributed by atoms with Crippen molar-refractivity contribution < 1.29 is 23.1 Å². The molecule has 0 spiro atoms. The summed E-state index contributed by atoms with van der Waals surface area (Å²) < 4.78 is 39.3. The maximum atomic E-state index is 12.6. The molecule has 5 nitrogen and oxygen atoms in total. The number of aromatic nitrogens is 3. The van der Waals surface area contributed by atoms with Gasteiger partial charge in [-0.3, -0.25) is 0 Å². The van der Waals surface area contributed by atoms with E-state index < -0.39 is 17.7 Å². The van der Waals surface area contributed by atoms with Crippen LogP contribution in [0.5, 0.6) is 0 Å². The highest BCUT2D eigenvalue weighted by Crippen LogP contribution is 2.29. The van der Waals surface area contributed by atoms with Gasteiger partial charge in [-0.25, -0.2) is 9.48 Å². The van der Waals surface area contributed by atoms with Gasteiger partial charge in [0.15, 0.2) is 5.69 Å². The number of carboxylic acids is 1. The molecule has 0 saturated carbocycles. The van der Waals surface area contributed by atoms with Crippen molar-refractivity contribution in [1.29, 1.82) is 0 Å². The van der Waals surface area contributed by atoms with Gasteiger partial charge in [-0.1, -0.05) is 24.3 Å². The van der Waals surface area contributed by atoms with Crippen molar-refractivity contribution in [2.75, 3.05) is 0 Å². The number of aromatic carboxylic acids is 1. The summed E-state index contributed by atoms with van der Waals surface area (Å²) >= 11 is 0. The first kappa shape index (κ1) is 15.0. The van der Waals surface area contributed by atoms with E-state index in [9.17, 15) is 18.0 Å². The minimum atomic E-state index is -4.42. The Kier molecular flexibility index (Phi) is 3.97. The van der Waals surface area contributed by atoms with E-state index in [-0.39, 0.29) is 12.2 Å². The molecule has 1 heterocycles. The highest BCUT2D eigenvalue weighted by atomic mass is 19.4. The number of nitrogens with zero attached hydrogens (tertiary/aromatic N) is 3. The summed E-state index contributed by atoms with van der Waals surface area (Å²) in [6.45, 7) is 1.77. The number of hydrogen-bond acceptors (Lipinski definition) is 3. The molecule has 0 aliphatic carbocycles. The molecule has 1 aromatic carbocycles. The molecule has 2 rings (SSSR count). The Balaban J connectivity index is 2.33. The Morgan fingerprint density at radius 1 is 1.38 bits per heavy atom. The number of halogens is 3. The fourth-order valence-corrected chi connectivity index (χ4v) is 1.99. The van der Waals surface area contributed by atoms with Gasteiger partial charge >= 0.3 is 12.1 Å². The van der Waals surface area contributed by atoms with E-state index in [4.69, 9.17) is 5.11 Å². The highest BCUT2D eigenvalue weighted by Gasteiger charge is 2.30. The van der Waals surface area contributed by atoms with Crippen LogP contribution < -0.4 is 0 Å². The molecule has 0 aliphatic heterocycles. The topological polar surface area (TPSA) is 68.0 Å². The fourth-order valence-electron chi connectivity index (χ4n) is 1.99. The van der Waals surface area contributed by atoms with E-state index in [1.807, 2.05) is 0 Å². The standard InChI is InChI=1S/C13H12F3N3O2/c1-2-10-11(12(20)21)17-18-19(10)7-8-4-3-5-9(6-8)13(14,15)16/h3-6H,2,7H2,1H3,(H,20,21). The third-order valence-corrected chi connectivity index (χ3v) is 2.96. The van der Waals surface area contributed by atoms with Gasteiger partial charge in [-0.2, -0.15) is 13.2 Å². The molecule has 0 amide bonds. The molecule has 8 heteroatoms. The molecule has 0 bridgehead atoms. The largest absolute Gasteiger partial charge is 0.476 e. The van der Waals surface area contributed by atoms with Gasteiger partial charge in [0.2, 0.25) is 0 Å². The second-order valence-corrected chi connectivity index (χ2v) is 4.40. The van der Waals surface area contributed by atoms with Crippen molar-refractivity contribution in [1.82, 2.24) is 15.0 Å². The molecule has 0 aliphatic rings. The molecule has 112 valence electrons. The summed E-state index contributed by atoms with van der Waals surface area (Å²) in [7, 11) is 0. The fraction of sp³-hybridized carbons (Fsp3) is 0.308. The normalized spacial score (nSPS) is 11.6. The molecule has 0 radical (unpaired) electrons. The summed E-state index contributed by atoms with van der Waals surface area (Å²) in [6.07, 6.45) is -4.05. The van der Waals surface area contributed by atoms with Gasteiger partial charge in [-0.05, 0) is 24.1 Å². The van der Waals surface area contributed by atoms with Crippen molar-refractivity contribution in [2.24, 2.45) is 0 Å². The molecule has 1 N–H and O–H groups in total. The van der Waals surface area contributed by atoms with Gasteiger partial charge in [-0.15, -0.1) is 5.10 Å². The summed E-state index contributed by atoms with van der Waals surface area (Å²) in [4.78, 5) is 11.0. The molecule has 0 fully saturated rings. The lowest BCUT2D eigenvalue weighted by Gasteiger charge is -2.09. The van der Waals surface area contributed by atoms with Gasteiger partial charge < -0.3 is 5.11 Å². The van der Waals surface area contributed by atoms with Gasteiger partial charge in [0.05, 0.1) is 17.8 Å². The van der Waals surface area contributed by atoms with Crippen LogP contribution in [0.25, 0.3) is 0 Å². The molecule has 0 unspecified atom stereocenters. The third-order valence-electron chi connectivity index (χ3n) is 2.96. The van der Waals surface area contributed by atoms with Crippen LogP contribution in [0.4, 0.5) is 13.2 Å². The molecular formula is C13H12F3N3O2. The second kappa shape index (κ2) is 5.55. The molecular weight excluding hydrogens is 287 g/mol. The van der Waals surface area contributed by atoms with E-state index in [1.165, 1.54) is 16.8 Å². The van der Waals surface area contributed by atoms with Crippen molar-refractivity contribution in [2.45, 2.75) is 26.1 Å². The van der Waals surface area contributed by atoms with Crippen LogP contribution in [0.1, 0.15) is 34.2 Å². The molecule has 0 saturated heterocycles. The van der Waals surface area contributed by atoms with Crippen molar-refractivity contribution in [3.05, 3.63) is 46.8 Å². The van der Waals surface area contributed by atoms with Crippen LogP contribution in [0.15, 0.2) is 24.3 Å². The smallest absolute Gasteiger partial charge is 0.416 e. The van der Waals surface area contributed by atoms with Crippen molar-refractivity contribution in [3.63, 3.8) is 0 Å². The Morgan fingerprint density at radius 3 is 2.67 bits per heavy atom. The van der Waals surface area contributed by atoms with Crippen molar-refractivity contribution in [3.8, 4) is 0 Å². The number of rotatable bonds is 4. The monoisotopic (exact) mass is 299 g/mol. The average Bonchev–Trinajstić information content (AvgIpc) is 2.81. The lowest BCUT2D eigenvalue weighted by Crippen LogP contribution is -2.10. The number of hydrogen-bond donors (Lipinski definition) is 1. The van der Waals surface area contributed by atoms with E-state index >= 15 is 0 Å². The maximum Gasteiger partial charge on any atom is 0.416 e. The summed E-state index contributed by atoms with van der Waals surface area (Å²) in [5.74, 6) is -1.21. The Hall–Kier alpha value is -2.38. The van der Waals surface area contributed by atoms with E-state index in [2.05, 4.69) is 10.3 Å². The Morgan fingerprint density at radius 2 is 2.10 bits per heavy atom. The Bertz CT molecular complexity index is 665. The lowest BCUT2D eigenvalue weighted by molar-refractivity contribution is -0.137. The van der Waals surface area contributed by atoms with Crippen LogP contribution in [-0.2, 0) is 19.1 Å². The van der Waals surface area contributed by atoms with Crippen LogP contribution in [-0.4, -0.2) is 26.1 Å². The SMILES string of the molecule is CCc1c(C(=O)O)nnn1Cc1cccc(C(F)(F)F)c1. The van der Waals surface area contributed by atoms with Gasteiger partial charge in [0.25, 0.3) is 0 Å². The summed E-state index contributed by atoms with van der Waals surface area (Å²) in [6, 6.07) is 4.82. The summed E-state index contributed by atoms with van der Waals surface area (Å²) in [5.41, 5.74) is -0.178. The van der Waals surface area contributed by atoms with Gasteiger partial charge in [0, 0.05) is 0 Å². The molecule has 0 atom stereocenters. The first-order valence-corrected chi connectivity index (χ1v) is 6.14. The number of carbonyl (C=O) groups is 1. The zero-order valence-corrected chi connectivity index (χ0v) is 11.1. The van der Waals surface area contributed by atoms with Crippen LogP contribution in [0.2, 0.25) is 0 Å². The lowest BCUT2D eigenvalue weighted by atomic mass is 10.1. The first-order valence-electron chi connectivity index (χ1n) is 6.14. The maximum absolute atomic E-state index is 12.6. The number of alkyl halides is 3. The zero-order chi connectivity index (χ0) is 15.6. The highest BCUT2D eigenvalue weighted by molar-refractivity contribution is 5.86. The van der Waals surface area contributed by atoms with Crippen LogP contribution in [0.3, 0.4) is 0 Å². The molecule has 1 aromatic heterocycles. The average molecular weight is 299 g/mol. The van der Waals surface area contributed by atoms with Crippen LogP contribution in [0, 0.1) is 0 Å². The summed E-state index contributed by atoms with van der Waals surface area (Å²) in [5, 5.41) is 16.2.